The molecule has 0 radical (unpaired) electrons. The SMILES string of the molecule is Cn1nc(C2CCC(=O)NC2=O)c2ccc(C3CCN(CC4CCN(c5cc(Nc6ccc7c(c6)c6c(c(=O)n7C)OCC(F)(F)C(C7CC7)N6)n6ncc(C#N)c6n5)CC4)CC3)cc21. The highest BCUT2D eigenvalue weighted by Crippen LogP contribution is 2.46. The highest BCUT2D eigenvalue weighted by molar-refractivity contribution is 6.02. The summed E-state index contributed by atoms with van der Waals surface area (Å²) in [5.41, 5.74) is 4.80. The van der Waals surface area contributed by atoms with Gasteiger partial charge in [0.25, 0.3) is 5.56 Å². The molecule has 2 atom stereocenters. The zero-order valence-electron chi connectivity index (χ0n) is 36.3. The molecule has 16 nitrogen and oxygen atoms in total. The Hall–Kier alpha value is -6.61. The molecule has 11 rings (SSSR count). The summed E-state index contributed by atoms with van der Waals surface area (Å²) in [7, 11) is 3.52. The van der Waals surface area contributed by atoms with Gasteiger partial charge in [-0.05, 0) is 106 Å². The molecule has 65 heavy (non-hydrogen) atoms. The zero-order chi connectivity index (χ0) is 44.7. The van der Waals surface area contributed by atoms with Crippen molar-refractivity contribution in [3.05, 3.63) is 75.8 Å². The standard InChI is InChI=1S/C47H50F2N12O4/c1-57-35-9-6-31(20-34(35)41-42(46(57)64)65-25-47(48,49)43(55-41)28-3-4-28)52-38-21-37(53-44-30(22-50)23-51-61(38)44)60-17-11-26(12-18-60)24-59-15-13-27(14-16-59)29-5-7-32-36(19-29)58(2)56-40(32)33-8-10-39(62)54-45(33)63/h5-7,9,19-21,23,26-28,33,43,52,55H,3-4,8,10-18,24-25H2,1-2H3,(H,54,62,63). The van der Waals surface area contributed by atoms with E-state index in [2.05, 4.69) is 55.1 Å². The molecule has 336 valence electrons. The van der Waals surface area contributed by atoms with E-state index in [0.29, 0.717) is 71.1 Å². The Labute approximate surface area is 372 Å². The van der Waals surface area contributed by atoms with E-state index in [1.807, 2.05) is 29.9 Å². The molecule has 6 aromatic rings. The maximum Gasteiger partial charge on any atom is 0.301 e. The summed E-state index contributed by atoms with van der Waals surface area (Å²) in [5, 5.41) is 29.7. The normalized spacial score (nSPS) is 22.0. The molecule has 2 unspecified atom stereocenters. The van der Waals surface area contributed by atoms with Gasteiger partial charge in [-0.3, -0.25) is 24.4 Å². The molecule has 18 heteroatoms. The Kier molecular flexibility index (Phi) is 10.0. The molecule has 4 fully saturated rings. The van der Waals surface area contributed by atoms with E-state index >= 15 is 8.78 Å². The Bertz CT molecular complexity index is 3010. The predicted molar refractivity (Wildman–Crippen MR) is 240 cm³/mol. The number of rotatable bonds is 8. The summed E-state index contributed by atoms with van der Waals surface area (Å²) < 4.78 is 41.0. The number of amides is 2. The number of nitrogens with zero attached hydrogens (tertiary/aromatic N) is 9. The van der Waals surface area contributed by atoms with Crippen LogP contribution in [0.15, 0.2) is 53.5 Å². The van der Waals surface area contributed by atoms with Gasteiger partial charge < -0.3 is 29.7 Å². The predicted octanol–water partition coefficient (Wildman–Crippen LogP) is 5.92. The Morgan fingerprint density at radius 3 is 2.49 bits per heavy atom. The number of fused-ring (bicyclic) bond motifs is 5. The van der Waals surface area contributed by atoms with E-state index in [9.17, 15) is 19.6 Å². The van der Waals surface area contributed by atoms with Gasteiger partial charge in [0.1, 0.15) is 23.3 Å². The van der Waals surface area contributed by atoms with Gasteiger partial charge in [-0.15, -0.1) is 0 Å². The number of carbonyl (C=O) groups excluding carboxylic acids is 2. The number of halogens is 2. The average Bonchev–Trinajstić information content (AvgIpc) is 4.00. The van der Waals surface area contributed by atoms with E-state index in [4.69, 9.17) is 14.8 Å². The highest BCUT2D eigenvalue weighted by atomic mass is 19.3. The number of piperidine rings is 3. The van der Waals surface area contributed by atoms with Gasteiger partial charge in [0, 0.05) is 62.7 Å². The lowest BCUT2D eigenvalue weighted by Crippen LogP contribution is -2.44. The van der Waals surface area contributed by atoms with Crippen LogP contribution in [0.5, 0.6) is 5.75 Å². The number of aryl methyl sites for hydroxylation is 2. The van der Waals surface area contributed by atoms with Crippen LogP contribution in [0.3, 0.4) is 0 Å². The van der Waals surface area contributed by atoms with Crippen molar-refractivity contribution in [3.8, 4) is 11.8 Å². The molecule has 2 amide bonds. The molecule has 3 N–H and O–H groups in total. The molecule has 1 saturated carbocycles. The highest BCUT2D eigenvalue weighted by Gasteiger charge is 2.51. The van der Waals surface area contributed by atoms with E-state index in [-0.39, 0.29) is 29.2 Å². The van der Waals surface area contributed by atoms with Crippen molar-refractivity contribution in [1.82, 2.24) is 39.2 Å². The van der Waals surface area contributed by atoms with Crippen molar-refractivity contribution >= 4 is 62.3 Å². The largest absolute Gasteiger partial charge is 0.480 e. The number of ether oxygens (including phenoxy) is 1. The number of hydrogen-bond acceptors (Lipinski definition) is 12. The number of nitriles is 1. The summed E-state index contributed by atoms with van der Waals surface area (Å²) in [6.45, 7) is 3.82. The first-order valence-corrected chi connectivity index (χ1v) is 22.7. The van der Waals surface area contributed by atoms with Crippen LogP contribution >= 0.6 is 0 Å². The number of pyridine rings is 1. The van der Waals surface area contributed by atoms with E-state index in [1.165, 1.54) is 16.3 Å². The zero-order valence-corrected chi connectivity index (χ0v) is 36.3. The Morgan fingerprint density at radius 2 is 1.74 bits per heavy atom. The van der Waals surface area contributed by atoms with Crippen LogP contribution in [0.2, 0.25) is 0 Å². The number of anilines is 4. The van der Waals surface area contributed by atoms with Crippen molar-refractivity contribution in [3.63, 3.8) is 0 Å². The Balaban J connectivity index is 0.765. The third kappa shape index (κ3) is 7.39. The van der Waals surface area contributed by atoms with Crippen LogP contribution in [0.25, 0.3) is 27.5 Å². The molecule has 1 aliphatic carbocycles. The maximum absolute atomic E-state index is 15.3. The fraction of sp³-hybridized carbons (Fsp3) is 0.468. The fourth-order valence-electron chi connectivity index (χ4n) is 10.6. The number of imide groups is 1. The van der Waals surface area contributed by atoms with Crippen LogP contribution in [0.1, 0.15) is 80.0 Å². The second-order valence-corrected chi connectivity index (χ2v) is 18.6. The minimum absolute atomic E-state index is 0.115. The molecular formula is C47H50F2N12O4. The second kappa shape index (κ2) is 15.8. The fourth-order valence-corrected chi connectivity index (χ4v) is 10.6. The van der Waals surface area contributed by atoms with Gasteiger partial charge in [-0.1, -0.05) is 12.1 Å². The van der Waals surface area contributed by atoms with Gasteiger partial charge >= 0.3 is 5.92 Å². The summed E-state index contributed by atoms with van der Waals surface area (Å²) in [6, 6.07) is 15.0. The quantitative estimate of drug-likeness (QED) is 0.154. The first kappa shape index (κ1) is 41.1. The van der Waals surface area contributed by atoms with Gasteiger partial charge in [-0.25, -0.2) is 13.8 Å². The first-order valence-electron chi connectivity index (χ1n) is 22.7. The van der Waals surface area contributed by atoms with Gasteiger partial charge in [0.2, 0.25) is 17.6 Å². The molecular weight excluding hydrogens is 835 g/mol. The molecule has 0 bridgehead atoms. The topological polar surface area (TPSA) is 180 Å². The smallest absolute Gasteiger partial charge is 0.301 e. The van der Waals surface area contributed by atoms with E-state index in [0.717, 1.165) is 80.8 Å². The van der Waals surface area contributed by atoms with Crippen molar-refractivity contribution in [2.75, 3.05) is 54.9 Å². The van der Waals surface area contributed by atoms with Gasteiger partial charge in [0.05, 0.1) is 40.6 Å². The minimum Gasteiger partial charge on any atom is -0.480 e. The van der Waals surface area contributed by atoms with Crippen LogP contribution < -0.4 is 31.1 Å². The number of hydrogen-bond donors (Lipinski definition) is 3. The summed E-state index contributed by atoms with van der Waals surface area (Å²) in [4.78, 5) is 47.5. The number of nitrogens with one attached hydrogen (secondary N) is 3. The number of likely N-dealkylation sites (tertiary alicyclic amines) is 1. The third-order valence-electron chi connectivity index (χ3n) is 14.4. The molecule has 2 aromatic carbocycles. The van der Waals surface area contributed by atoms with Crippen LogP contribution in [0.4, 0.5) is 31.8 Å². The molecule has 5 aliphatic rings. The van der Waals surface area contributed by atoms with Crippen LogP contribution in [0, 0.1) is 23.2 Å². The number of carbonyl (C=O) groups is 2. The lowest BCUT2D eigenvalue weighted by Gasteiger charge is -2.38. The molecule has 4 aromatic heterocycles. The number of aromatic nitrogens is 6. The molecule has 4 aliphatic heterocycles. The van der Waals surface area contributed by atoms with E-state index in [1.54, 1.807) is 17.6 Å². The maximum atomic E-state index is 15.3. The van der Waals surface area contributed by atoms with Crippen LogP contribution in [-0.2, 0) is 23.7 Å². The summed E-state index contributed by atoms with van der Waals surface area (Å²) >= 11 is 0. The Morgan fingerprint density at radius 1 is 0.938 bits per heavy atom. The first-order chi connectivity index (χ1) is 31.4. The van der Waals surface area contributed by atoms with Crippen molar-refractivity contribution in [1.29, 1.82) is 5.26 Å². The lowest BCUT2D eigenvalue weighted by atomic mass is 9.87. The molecule has 8 heterocycles. The molecule has 0 spiro atoms. The van der Waals surface area contributed by atoms with E-state index < -0.39 is 30.0 Å². The summed E-state index contributed by atoms with van der Waals surface area (Å²) in [6.07, 6.45) is 7.80. The average molecular weight is 885 g/mol. The summed E-state index contributed by atoms with van der Waals surface area (Å²) in [5.74, 6) is -2.10. The monoisotopic (exact) mass is 884 g/mol. The number of benzene rings is 2. The molecule has 3 saturated heterocycles. The lowest BCUT2D eigenvalue weighted by molar-refractivity contribution is -0.134. The van der Waals surface area contributed by atoms with Crippen LogP contribution in [-0.4, -0.2) is 97.0 Å². The van der Waals surface area contributed by atoms with Crippen molar-refractivity contribution < 1.29 is 23.1 Å². The van der Waals surface area contributed by atoms with Crippen molar-refractivity contribution in [2.24, 2.45) is 25.9 Å². The van der Waals surface area contributed by atoms with Gasteiger partial charge in [0.15, 0.2) is 12.3 Å². The van der Waals surface area contributed by atoms with Crippen molar-refractivity contribution in [2.45, 2.75) is 75.2 Å². The number of alkyl halides is 2. The second-order valence-electron chi connectivity index (χ2n) is 18.6. The van der Waals surface area contributed by atoms with Gasteiger partial charge in [-0.2, -0.15) is 20.0 Å². The minimum atomic E-state index is -3.15. The third-order valence-corrected chi connectivity index (χ3v) is 14.4.